The van der Waals surface area contributed by atoms with Gasteiger partial charge >= 0.3 is 6.09 Å². The van der Waals surface area contributed by atoms with Crippen molar-refractivity contribution < 1.29 is 9.53 Å². The van der Waals surface area contributed by atoms with E-state index in [1.165, 1.54) is 0 Å². The van der Waals surface area contributed by atoms with Gasteiger partial charge in [-0.2, -0.15) is 0 Å². The normalized spacial score (nSPS) is 11.9. The number of amides is 1. The molecule has 0 saturated carbocycles. The third kappa shape index (κ3) is 3.34. The van der Waals surface area contributed by atoms with Gasteiger partial charge in [0, 0.05) is 5.69 Å². The van der Waals surface area contributed by atoms with Crippen LogP contribution in [0.25, 0.3) is 0 Å². The second kappa shape index (κ2) is 5.25. The third-order valence-corrected chi connectivity index (χ3v) is 2.20. The molecule has 0 spiro atoms. The van der Waals surface area contributed by atoms with E-state index in [0.717, 1.165) is 6.42 Å². The van der Waals surface area contributed by atoms with E-state index in [2.05, 4.69) is 5.32 Å². The maximum atomic E-state index is 11.4. The van der Waals surface area contributed by atoms with Crippen LogP contribution in [0, 0.1) is 0 Å². The van der Waals surface area contributed by atoms with Crippen LogP contribution in [-0.4, -0.2) is 12.2 Å². The summed E-state index contributed by atoms with van der Waals surface area (Å²) in [6.45, 7) is 3.77. The predicted octanol–water partition coefficient (Wildman–Crippen LogP) is 2.20. The van der Waals surface area contributed by atoms with Gasteiger partial charge in [-0.3, -0.25) is 5.32 Å². The summed E-state index contributed by atoms with van der Waals surface area (Å²) in [4.78, 5) is 11.4. The van der Waals surface area contributed by atoms with Crippen LogP contribution in [0.15, 0.2) is 18.2 Å². The summed E-state index contributed by atoms with van der Waals surface area (Å²) in [5.41, 5.74) is 12.7. The fourth-order valence-electron chi connectivity index (χ4n) is 1.10. The van der Waals surface area contributed by atoms with Gasteiger partial charge in [0.15, 0.2) is 0 Å². The van der Waals surface area contributed by atoms with Crippen LogP contribution in [0.2, 0.25) is 0 Å². The summed E-state index contributed by atoms with van der Waals surface area (Å²) in [6.07, 6.45) is 0.144. The van der Waals surface area contributed by atoms with Crippen molar-refractivity contribution in [1.82, 2.24) is 0 Å². The van der Waals surface area contributed by atoms with Crippen molar-refractivity contribution in [3.63, 3.8) is 0 Å². The van der Waals surface area contributed by atoms with Gasteiger partial charge in [-0.05, 0) is 31.5 Å². The van der Waals surface area contributed by atoms with Crippen LogP contribution < -0.4 is 16.8 Å². The van der Waals surface area contributed by atoms with E-state index in [4.69, 9.17) is 16.2 Å². The van der Waals surface area contributed by atoms with Crippen molar-refractivity contribution in [2.24, 2.45) is 0 Å². The van der Waals surface area contributed by atoms with Crippen LogP contribution in [0.1, 0.15) is 20.3 Å². The maximum Gasteiger partial charge on any atom is 0.411 e. The van der Waals surface area contributed by atoms with Crippen molar-refractivity contribution in [2.75, 3.05) is 16.8 Å². The van der Waals surface area contributed by atoms with E-state index < -0.39 is 6.09 Å². The smallest absolute Gasteiger partial charge is 0.411 e. The van der Waals surface area contributed by atoms with Crippen molar-refractivity contribution in [1.29, 1.82) is 0 Å². The van der Waals surface area contributed by atoms with Crippen LogP contribution in [-0.2, 0) is 4.74 Å². The van der Waals surface area contributed by atoms with Gasteiger partial charge in [0.05, 0.1) is 11.4 Å². The molecule has 0 saturated heterocycles. The first-order chi connectivity index (χ1) is 7.52. The maximum absolute atomic E-state index is 11.4. The highest BCUT2D eigenvalue weighted by Gasteiger charge is 2.09. The van der Waals surface area contributed by atoms with Crippen molar-refractivity contribution >= 4 is 23.2 Å². The number of benzene rings is 1. The summed E-state index contributed by atoms with van der Waals surface area (Å²) in [5.74, 6) is 0. The molecule has 1 atom stereocenters. The molecule has 1 unspecified atom stereocenters. The molecule has 0 aliphatic carbocycles. The SMILES string of the molecule is CCC(C)OC(=O)Nc1ccc(N)cc1N. The molecule has 0 heterocycles. The minimum Gasteiger partial charge on any atom is -0.446 e. The van der Waals surface area contributed by atoms with Crippen molar-refractivity contribution in [3.8, 4) is 0 Å². The largest absolute Gasteiger partial charge is 0.446 e. The predicted molar refractivity (Wildman–Crippen MR) is 65.1 cm³/mol. The molecule has 0 radical (unpaired) electrons. The van der Waals surface area contributed by atoms with Gasteiger partial charge in [-0.1, -0.05) is 6.92 Å². The lowest BCUT2D eigenvalue weighted by atomic mass is 10.2. The molecule has 5 nitrogen and oxygen atoms in total. The topological polar surface area (TPSA) is 90.4 Å². The Morgan fingerprint density at radius 2 is 2.19 bits per heavy atom. The van der Waals surface area contributed by atoms with Gasteiger partial charge in [-0.15, -0.1) is 0 Å². The average molecular weight is 223 g/mol. The molecule has 5 heteroatoms. The molecule has 0 fully saturated rings. The quantitative estimate of drug-likeness (QED) is 0.685. The average Bonchev–Trinajstić information content (AvgIpc) is 2.22. The van der Waals surface area contributed by atoms with Crippen LogP contribution >= 0.6 is 0 Å². The number of carbonyl (C=O) groups excluding carboxylic acids is 1. The minimum absolute atomic E-state index is 0.116. The summed E-state index contributed by atoms with van der Waals surface area (Å²) in [7, 11) is 0. The minimum atomic E-state index is -0.508. The first kappa shape index (κ1) is 12.2. The van der Waals surface area contributed by atoms with E-state index in [9.17, 15) is 4.79 Å². The summed E-state index contributed by atoms with van der Waals surface area (Å²) >= 11 is 0. The fraction of sp³-hybridized carbons (Fsp3) is 0.364. The molecular weight excluding hydrogens is 206 g/mol. The molecule has 88 valence electrons. The van der Waals surface area contributed by atoms with E-state index >= 15 is 0 Å². The van der Waals surface area contributed by atoms with E-state index in [1.807, 2.05) is 13.8 Å². The summed E-state index contributed by atoms with van der Waals surface area (Å²) in [6, 6.07) is 4.89. The number of nitrogen functional groups attached to an aromatic ring is 2. The lowest BCUT2D eigenvalue weighted by Crippen LogP contribution is -2.20. The first-order valence-electron chi connectivity index (χ1n) is 5.15. The van der Waals surface area contributed by atoms with Crippen molar-refractivity contribution in [3.05, 3.63) is 18.2 Å². The Balaban J connectivity index is 2.63. The lowest BCUT2D eigenvalue weighted by molar-refractivity contribution is 0.118. The monoisotopic (exact) mass is 223 g/mol. The van der Waals surface area contributed by atoms with Gasteiger partial charge in [0.1, 0.15) is 6.10 Å². The van der Waals surface area contributed by atoms with E-state index in [-0.39, 0.29) is 6.10 Å². The summed E-state index contributed by atoms with van der Waals surface area (Å²) in [5, 5.41) is 2.56. The molecule has 0 aliphatic heterocycles. The zero-order chi connectivity index (χ0) is 12.1. The number of hydrogen-bond acceptors (Lipinski definition) is 4. The second-order valence-corrected chi connectivity index (χ2v) is 3.60. The van der Waals surface area contributed by atoms with Gasteiger partial charge in [-0.25, -0.2) is 4.79 Å². The van der Waals surface area contributed by atoms with Crippen LogP contribution in [0.3, 0.4) is 0 Å². The number of nitrogens with two attached hydrogens (primary N) is 2. The molecule has 1 aromatic carbocycles. The Hall–Kier alpha value is -1.91. The number of nitrogens with one attached hydrogen (secondary N) is 1. The highest BCUT2D eigenvalue weighted by Crippen LogP contribution is 2.21. The fourth-order valence-corrected chi connectivity index (χ4v) is 1.10. The van der Waals surface area contributed by atoms with Crippen LogP contribution in [0.4, 0.5) is 21.9 Å². The standard InChI is InChI=1S/C11H17N3O2/c1-3-7(2)16-11(15)14-10-5-4-8(12)6-9(10)13/h4-7H,3,12-13H2,1-2H3,(H,14,15). The van der Waals surface area contributed by atoms with Gasteiger partial charge < -0.3 is 16.2 Å². The molecular formula is C11H17N3O2. The van der Waals surface area contributed by atoms with E-state index in [0.29, 0.717) is 17.1 Å². The molecule has 5 N–H and O–H groups in total. The van der Waals surface area contributed by atoms with Crippen LogP contribution in [0.5, 0.6) is 0 Å². The van der Waals surface area contributed by atoms with Gasteiger partial charge in [0.25, 0.3) is 0 Å². The molecule has 1 amide bonds. The third-order valence-electron chi connectivity index (χ3n) is 2.20. The molecule has 16 heavy (non-hydrogen) atoms. The molecule has 0 aliphatic rings. The number of ether oxygens (including phenoxy) is 1. The lowest BCUT2D eigenvalue weighted by Gasteiger charge is -2.13. The Bertz CT molecular complexity index is 379. The number of carbonyl (C=O) groups is 1. The van der Waals surface area contributed by atoms with E-state index in [1.54, 1.807) is 18.2 Å². The molecule has 0 aromatic heterocycles. The Labute approximate surface area is 94.8 Å². The second-order valence-electron chi connectivity index (χ2n) is 3.60. The number of hydrogen-bond donors (Lipinski definition) is 3. The highest BCUT2D eigenvalue weighted by molar-refractivity contribution is 5.89. The summed E-state index contributed by atoms with van der Waals surface area (Å²) < 4.78 is 5.05. The number of rotatable bonds is 3. The molecule has 1 rings (SSSR count). The molecule has 0 bridgehead atoms. The Morgan fingerprint density at radius 1 is 1.50 bits per heavy atom. The van der Waals surface area contributed by atoms with Crippen molar-refractivity contribution in [2.45, 2.75) is 26.4 Å². The molecule has 1 aromatic rings. The first-order valence-corrected chi connectivity index (χ1v) is 5.15. The zero-order valence-corrected chi connectivity index (χ0v) is 9.49. The highest BCUT2D eigenvalue weighted by atomic mass is 16.6. The zero-order valence-electron chi connectivity index (χ0n) is 9.49. The van der Waals surface area contributed by atoms with Gasteiger partial charge in [0.2, 0.25) is 0 Å². The number of anilines is 3. The Morgan fingerprint density at radius 3 is 2.75 bits per heavy atom. The Kier molecular flexibility index (Phi) is 3.99.